The second kappa shape index (κ2) is 15.5. The third-order valence-corrected chi connectivity index (χ3v) is 9.09. The average molecular weight is 598 g/mol. The van der Waals surface area contributed by atoms with Crippen LogP contribution in [0.3, 0.4) is 0 Å². The van der Waals surface area contributed by atoms with E-state index in [0.29, 0.717) is 24.6 Å². The van der Waals surface area contributed by atoms with E-state index in [1.54, 1.807) is 55.5 Å². The Hall–Kier alpha value is -3.50. The molecule has 2 amide bonds. The van der Waals surface area contributed by atoms with Gasteiger partial charge in [-0.05, 0) is 80.6 Å². The van der Waals surface area contributed by atoms with Crippen LogP contribution in [0.4, 0.5) is 5.69 Å². The third-order valence-electron chi connectivity index (χ3n) is 6.55. The van der Waals surface area contributed by atoms with E-state index >= 15 is 0 Å². The van der Waals surface area contributed by atoms with Crippen LogP contribution in [0.25, 0.3) is 0 Å². The minimum absolute atomic E-state index is 0.0666. The van der Waals surface area contributed by atoms with E-state index in [-0.39, 0.29) is 17.3 Å². The number of rotatable bonds is 15. The molecular formula is C31H39N3O5S2. The summed E-state index contributed by atoms with van der Waals surface area (Å²) in [6, 6.07) is 21.7. The summed E-state index contributed by atoms with van der Waals surface area (Å²) >= 11 is 1.51. The number of hydrogen-bond donors (Lipinski definition) is 1. The van der Waals surface area contributed by atoms with Gasteiger partial charge in [-0.15, -0.1) is 11.8 Å². The molecular weight excluding hydrogens is 558 g/mol. The van der Waals surface area contributed by atoms with E-state index in [1.807, 2.05) is 50.4 Å². The number of carbonyl (C=O) groups excluding carboxylic acids is 2. The largest absolute Gasteiger partial charge is 0.494 e. The van der Waals surface area contributed by atoms with Gasteiger partial charge < -0.3 is 15.0 Å². The fourth-order valence-corrected chi connectivity index (χ4v) is 6.00. The fraction of sp³-hybridized carbons (Fsp3) is 0.355. The van der Waals surface area contributed by atoms with Gasteiger partial charge in [-0.2, -0.15) is 0 Å². The van der Waals surface area contributed by atoms with Gasteiger partial charge in [-0.25, -0.2) is 8.42 Å². The van der Waals surface area contributed by atoms with Crippen LogP contribution in [0.15, 0.2) is 88.7 Å². The Morgan fingerprint density at radius 3 is 2.20 bits per heavy atom. The van der Waals surface area contributed by atoms with Crippen LogP contribution in [0.1, 0.15) is 39.2 Å². The van der Waals surface area contributed by atoms with E-state index in [2.05, 4.69) is 5.32 Å². The van der Waals surface area contributed by atoms with Gasteiger partial charge in [0.2, 0.25) is 11.8 Å². The van der Waals surface area contributed by atoms with Crippen molar-refractivity contribution in [2.45, 2.75) is 56.0 Å². The molecule has 0 bridgehead atoms. The zero-order chi connectivity index (χ0) is 29.8. The highest BCUT2D eigenvalue weighted by Crippen LogP contribution is 2.28. The number of thioether (sulfide) groups is 1. The minimum atomic E-state index is -4.13. The van der Waals surface area contributed by atoms with Crippen molar-refractivity contribution in [3.05, 3.63) is 84.4 Å². The molecule has 0 radical (unpaired) electrons. The molecule has 0 spiro atoms. The molecule has 3 rings (SSSR count). The molecule has 10 heteroatoms. The number of sulfonamides is 1. The number of carbonyl (C=O) groups is 2. The lowest BCUT2D eigenvalue weighted by Crippen LogP contribution is -2.51. The Kier molecular flexibility index (Phi) is 12.1. The van der Waals surface area contributed by atoms with Gasteiger partial charge in [0.25, 0.3) is 10.0 Å². The Morgan fingerprint density at radius 2 is 1.61 bits per heavy atom. The predicted octanol–water partition coefficient (Wildman–Crippen LogP) is 5.34. The standard InChI is InChI=1S/C31H39N3O5S2/c1-5-7-21-32-31(36)24(3)33(22-25-11-9-8-10-12-25)30(35)23-34(26-13-15-27(16-14-26)39-6-2)41(37,38)29-19-17-28(40-4)18-20-29/h8-20,24H,5-7,21-23H2,1-4H3,(H,32,36)/t24-/m0/s1. The number of nitrogens with zero attached hydrogens (tertiary/aromatic N) is 2. The van der Waals surface area contributed by atoms with Crippen LogP contribution in [-0.2, 0) is 26.2 Å². The molecule has 3 aromatic rings. The van der Waals surface area contributed by atoms with E-state index in [4.69, 9.17) is 4.74 Å². The topological polar surface area (TPSA) is 96.0 Å². The highest BCUT2D eigenvalue weighted by molar-refractivity contribution is 7.98. The van der Waals surface area contributed by atoms with Crippen molar-refractivity contribution in [2.75, 3.05) is 30.3 Å². The van der Waals surface area contributed by atoms with Gasteiger partial charge in [0.05, 0.1) is 17.2 Å². The van der Waals surface area contributed by atoms with Gasteiger partial charge >= 0.3 is 0 Å². The van der Waals surface area contributed by atoms with Crippen LogP contribution in [0.5, 0.6) is 5.75 Å². The first-order valence-electron chi connectivity index (χ1n) is 13.7. The molecule has 0 aromatic heterocycles. The van der Waals surface area contributed by atoms with E-state index in [1.165, 1.54) is 16.7 Å². The maximum atomic E-state index is 14.0. The van der Waals surface area contributed by atoms with Crippen LogP contribution < -0.4 is 14.4 Å². The number of unbranched alkanes of at least 4 members (excludes halogenated alkanes) is 1. The van der Waals surface area contributed by atoms with Gasteiger partial charge in [0.1, 0.15) is 18.3 Å². The minimum Gasteiger partial charge on any atom is -0.494 e. The molecule has 0 fully saturated rings. The Morgan fingerprint density at radius 1 is 0.951 bits per heavy atom. The molecule has 0 aliphatic heterocycles. The Labute approximate surface area is 248 Å². The molecule has 1 atom stereocenters. The summed E-state index contributed by atoms with van der Waals surface area (Å²) in [6.45, 7) is 6.20. The van der Waals surface area contributed by atoms with E-state index in [0.717, 1.165) is 27.6 Å². The number of amides is 2. The second-order valence-corrected chi connectivity index (χ2v) is 12.2. The predicted molar refractivity (Wildman–Crippen MR) is 165 cm³/mol. The van der Waals surface area contributed by atoms with Crippen LogP contribution in [-0.4, -0.2) is 57.1 Å². The lowest BCUT2D eigenvalue weighted by atomic mass is 10.1. The van der Waals surface area contributed by atoms with Gasteiger partial charge in [0, 0.05) is 18.0 Å². The molecule has 0 aliphatic rings. The summed E-state index contributed by atoms with van der Waals surface area (Å²) in [5.41, 5.74) is 1.15. The lowest BCUT2D eigenvalue weighted by Gasteiger charge is -2.32. The van der Waals surface area contributed by atoms with Crippen molar-refractivity contribution >= 4 is 39.3 Å². The first-order valence-corrected chi connectivity index (χ1v) is 16.4. The smallest absolute Gasteiger partial charge is 0.264 e. The molecule has 220 valence electrons. The van der Waals surface area contributed by atoms with Crippen molar-refractivity contribution in [1.29, 1.82) is 0 Å². The molecule has 41 heavy (non-hydrogen) atoms. The molecule has 3 aromatic carbocycles. The average Bonchev–Trinajstić information content (AvgIpc) is 2.99. The Bertz CT molecular complexity index is 1370. The monoisotopic (exact) mass is 597 g/mol. The molecule has 0 unspecified atom stereocenters. The third kappa shape index (κ3) is 8.74. The van der Waals surface area contributed by atoms with Crippen LogP contribution >= 0.6 is 11.8 Å². The van der Waals surface area contributed by atoms with E-state index < -0.39 is 28.5 Å². The zero-order valence-corrected chi connectivity index (χ0v) is 25.7. The molecule has 1 N–H and O–H groups in total. The molecule has 0 aliphatic carbocycles. The maximum Gasteiger partial charge on any atom is 0.264 e. The van der Waals surface area contributed by atoms with Crippen molar-refractivity contribution in [3.8, 4) is 5.75 Å². The Balaban J connectivity index is 1.99. The summed E-state index contributed by atoms with van der Waals surface area (Å²) in [7, 11) is -4.13. The second-order valence-electron chi connectivity index (χ2n) is 9.44. The van der Waals surface area contributed by atoms with E-state index in [9.17, 15) is 18.0 Å². The number of benzene rings is 3. The summed E-state index contributed by atoms with van der Waals surface area (Å²) in [5, 5.41) is 2.89. The molecule has 0 heterocycles. The first kappa shape index (κ1) is 32.0. The van der Waals surface area contributed by atoms with Gasteiger partial charge in [0.15, 0.2) is 0 Å². The summed E-state index contributed by atoms with van der Waals surface area (Å²) < 4.78 is 34.6. The highest BCUT2D eigenvalue weighted by Gasteiger charge is 2.32. The van der Waals surface area contributed by atoms with Crippen molar-refractivity contribution in [3.63, 3.8) is 0 Å². The molecule has 0 saturated carbocycles. The SMILES string of the molecule is CCCCNC(=O)[C@H](C)N(Cc1ccccc1)C(=O)CN(c1ccc(OCC)cc1)S(=O)(=O)c1ccc(SC)cc1. The number of hydrogen-bond acceptors (Lipinski definition) is 6. The fourth-order valence-electron chi connectivity index (χ4n) is 4.18. The van der Waals surface area contributed by atoms with Crippen molar-refractivity contribution in [2.24, 2.45) is 0 Å². The quantitative estimate of drug-likeness (QED) is 0.188. The highest BCUT2D eigenvalue weighted by atomic mass is 32.2. The van der Waals surface area contributed by atoms with Crippen LogP contribution in [0, 0.1) is 0 Å². The number of nitrogens with one attached hydrogen (secondary N) is 1. The van der Waals surface area contributed by atoms with Gasteiger partial charge in [-0.1, -0.05) is 43.7 Å². The molecule has 8 nitrogen and oxygen atoms in total. The number of ether oxygens (including phenoxy) is 1. The summed E-state index contributed by atoms with van der Waals surface area (Å²) in [6.07, 6.45) is 3.66. The maximum absolute atomic E-state index is 14.0. The normalized spacial score (nSPS) is 11.9. The van der Waals surface area contributed by atoms with Crippen molar-refractivity contribution in [1.82, 2.24) is 10.2 Å². The lowest BCUT2D eigenvalue weighted by molar-refractivity contribution is -0.139. The number of anilines is 1. The van der Waals surface area contributed by atoms with Crippen LogP contribution in [0.2, 0.25) is 0 Å². The summed E-state index contributed by atoms with van der Waals surface area (Å²) in [4.78, 5) is 29.4. The van der Waals surface area contributed by atoms with Gasteiger partial charge in [-0.3, -0.25) is 13.9 Å². The van der Waals surface area contributed by atoms with Crippen molar-refractivity contribution < 1.29 is 22.7 Å². The zero-order valence-electron chi connectivity index (χ0n) is 24.1. The molecule has 0 saturated heterocycles. The summed E-state index contributed by atoms with van der Waals surface area (Å²) in [5.74, 6) is -0.191. The first-order chi connectivity index (χ1) is 19.7.